The summed E-state index contributed by atoms with van der Waals surface area (Å²) >= 11 is 3.14. The largest absolute Gasteiger partial charge is 0.478 e. The van der Waals surface area contributed by atoms with Crippen molar-refractivity contribution in [1.82, 2.24) is 4.98 Å². The lowest BCUT2D eigenvalue weighted by Crippen LogP contribution is -2.40. The highest BCUT2D eigenvalue weighted by atomic mass is 79.9. The molecule has 1 atom stereocenters. The SMILES string of the molecule is CC(C)C(Nc1ncc(Br)cc1C(=O)O)C(N)=O. The minimum absolute atomic E-state index is 0.0173. The second kappa shape index (κ2) is 5.81. The number of hydrogen-bond acceptors (Lipinski definition) is 4. The van der Waals surface area contributed by atoms with E-state index in [-0.39, 0.29) is 17.3 Å². The maximum atomic E-state index is 11.3. The molecule has 98 valence electrons. The molecule has 1 aromatic heterocycles. The Morgan fingerprint density at radius 3 is 2.56 bits per heavy atom. The van der Waals surface area contributed by atoms with Crippen molar-refractivity contribution in [2.24, 2.45) is 11.7 Å². The molecular weight excluding hydrogens is 302 g/mol. The van der Waals surface area contributed by atoms with Gasteiger partial charge in [-0.25, -0.2) is 9.78 Å². The molecule has 0 bridgehead atoms. The molecule has 0 aromatic carbocycles. The van der Waals surface area contributed by atoms with Crippen LogP contribution in [0.25, 0.3) is 0 Å². The van der Waals surface area contributed by atoms with E-state index in [0.29, 0.717) is 4.47 Å². The van der Waals surface area contributed by atoms with Crippen molar-refractivity contribution in [3.05, 3.63) is 22.3 Å². The fourth-order valence-corrected chi connectivity index (χ4v) is 1.76. The fraction of sp³-hybridized carbons (Fsp3) is 0.364. The number of carbonyl (C=O) groups is 2. The molecule has 1 unspecified atom stereocenters. The molecule has 1 heterocycles. The number of halogens is 1. The summed E-state index contributed by atoms with van der Waals surface area (Å²) in [6, 6.07) is 0.743. The molecule has 0 saturated carbocycles. The standard InChI is InChI=1S/C11H14BrN3O3/c1-5(2)8(9(13)16)15-10-7(11(17)18)3-6(12)4-14-10/h3-5,8H,1-2H3,(H2,13,16)(H,14,15)(H,17,18). The van der Waals surface area contributed by atoms with E-state index in [2.05, 4.69) is 26.2 Å². The lowest BCUT2D eigenvalue weighted by molar-refractivity contribution is -0.119. The number of carboxylic acids is 1. The zero-order chi connectivity index (χ0) is 13.9. The summed E-state index contributed by atoms with van der Waals surface area (Å²) in [5.74, 6) is -1.62. The normalized spacial score (nSPS) is 12.2. The number of carboxylic acid groups (broad SMARTS) is 1. The van der Waals surface area contributed by atoms with Crippen molar-refractivity contribution >= 4 is 33.6 Å². The van der Waals surface area contributed by atoms with Crippen molar-refractivity contribution in [2.45, 2.75) is 19.9 Å². The lowest BCUT2D eigenvalue weighted by Gasteiger charge is -2.20. The summed E-state index contributed by atoms with van der Waals surface area (Å²) in [6.07, 6.45) is 1.45. The number of anilines is 1. The van der Waals surface area contributed by atoms with E-state index in [1.165, 1.54) is 12.3 Å². The Balaban J connectivity index is 3.10. The minimum atomic E-state index is -1.13. The molecule has 0 aliphatic rings. The van der Waals surface area contributed by atoms with Gasteiger partial charge in [0.25, 0.3) is 0 Å². The van der Waals surface area contributed by atoms with Gasteiger partial charge in [0, 0.05) is 10.7 Å². The van der Waals surface area contributed by atoms with Gasteiger partial charge in [0.2, 0.25) is 5.91 Å². The number of rotatable bonds is 5. The molecular formula is C11H14BrN3O3. The van der Waals surface area contributed by atoms with Crippen LogP contribution in [0.5, 0.6) is 0 Å². The van der Waals surface area contributed by atoms with Crippen molar-refractivity contribution in [3.8, 4) is 0 Å². The van der Waals surface area contributed by atoms with Crippen LogP contribution < -0.4 is 11.1 Å². The lowest BCUT2D eigenvalue weighted by atomic mass is 10.0. The third kappa shape index (κ3) is 3.43. The summed E-state index contributed by atoms with van der Waals surface area (Å²) in [7, 11) is 0. The molecule has 1 aromatic rings. The number of nitrogens with two attached hydrogens (primary N) is 1. The quantitative estimate of drug-likeness (QED) is 0.763. The molecule has 1 amide bonds. The molecule has 0 aliphatic carbocycles. The number of nitrogens with zero attached hydrogens (tertiary/aromatic N) is 1. The number of aromatic nitrogens is 1. The third-order valence-corrected chi connectivity index (χ3v) is 2.78. The zero-order valence-corrected chi connectivity index (χ0v) is 11.6. The van der Waals surface area contributed by atoms with Gasteiger partial charge in [0.05, 0.1) is 0 Å². The molecule has 18 heavy (non-hydrogen) atoms. The third-order valence-electron chi connectivity index (χ3n) is 2.35. The topological polar surface area (TPSA) is 105 Å². The molecule has 0 saturated heterocycles. The summed E-state index contributed by atoms with van der Waals surface area (Å²) in [6.45, 7) is 3.61. The first-order valence-corrected chi connectivity index (χ1v) is 6.07. The van der Waals surface area contributed by atoms with Crippen molar-refractivity contribution in [1.29, 1.82) is 0 Å². The van der Waals surface area contributed by atoms with Crippen LogP contribution >= 0.6 is 15.9 Å². The Hall–Kier alpha value is -1.63. The van der Waals surface area contributed by atoms with Gasteiger partial charge in [-0.3, -0.25) is 4.79 Å². The average Bonchev–Trinajstić information content (AvgIpc) is 2.25. The summed E-state index contributed by atoms with van der Waals surface area (Å²) in [4.78, 5) is 26.3. The van der Waals surface area contributed by atoms with Crippen LogP contribution in [0.2, 0.25) is 0 Å². The average molecular weight is 316 g/mol. The van der Waals surface area contributed by atoms with Crippen LogP contribution in [0.4, 0.5) is 5.82 Å². The maximum Gasteiger partial charge on any atom is 0.339 e. The van der Waals surface area contributed by atoms with E-state index >= 15 is 0 Å². The van der Waals surface area contributed by atoms with Crippen LogP contribution in [0, 0.1) is 5.92 Å². The van der Waals surface area contributed by atoms with Crippen LogP contribution in [-0.2, 0) is 4.79 Å². The number of nitrogens with one attached hydrogen (secondary N) is 1. The summed E-state index contributed by atoms with van der Waals surface area (Å²) < 4.78 is 0.547. The highest BCUT2D eigenvalue weighted by molar-refractivity contribution is 9.10. The number of aromatic carboxylic acids is 1. The maximum absolute atomic E-state index is 11.3. The van der Waals surface area contributed by atoms with Crippen LogP contribution in [-0.4, -0.2) is 28.0 Å². The van der Waals surface area contributed by atoms with Gasteiger partial charge < -0.3 is 16.2 Å². The number of hydrogen-bond donors (Lipinski definition) is 3. The molecule has 0 aliphatic heterocycles. The molecule has 0 fully saturated rings. The van der Waals surface area contributed by atoms with Crippen LogP contribution in [0.15, 0.2) is 16.7 Å². The van der Waals surface area contributed by atoms with Gasteiger partial charge in [-0.2, -0.15) is 0 Å². The van der Waals surface area contributed by atoms with Crippen LogP contribution in [0.3, 0.4) is 0 Å². The second-order valence-electron chi connectivity index (χ2n) is 4.12. The van der Waals surface area contributed by atoms with Gasteiger partial charge in [-0.05, 0) is 27.9 Å². The highest BCUT2D eigenvalue weighted by Gasteiger charge is 2.22. The Labute approximate surface area is 113 Å². The van der Waals surface area contributed by atoms with E-state index in [9.17, 15) is 9.59 Å². The number of primary amides is 1. The van der Waals surface area contributed by atoms with Gasteiger partial charge in [0.1, 0.15) is 17.4 Å². The summed E-state index contributed by atoms with van der Waals surface area (Å²) in [5.41, 5.74) is 5.24. The molecule has 0 radical (unpaired) electrons. The van der Waals surface area contributed by atoms with E-state index in [1.54, 1.807) is 0 Å². The highest BCUT2D eigenvalue weighted by Crippen LogP contribution is 2.20. The molecule has 0 spiro atoms. The fourth-order valence-electron chi connectivity index (χ4n) is 1.43. The van der Waals surface area contributed by atoms with Crippen molar-refractivity contribution in [3.63, 3.8) is 0 Å². The van der Waals surface area contributed by atoms with Crippen LogP contribution in [0.1, 0.15) is 24.2 Å². The van der Waals surface area contributed by atoms with E-state index in [1.807, 2.05) is 13.8 Å². The predicted molar refractivity (Wildman–Crippen MR) is 70.3 cm³/mol. The second-order valence-corrected chi connectivity index (χ2v) is 5.04. The first-order valence-electron chi connectivity index (χ1n) is 5.27. The molecule has 4 N–H and O–H groups in total. The summed E-state index contributed by atoms with van der Waals surface area (Å²) in [5, 5.41) is 11.8. The Morgan fingerprint density at radius 1 is 1.50 bits per heavy atom. The Bertz CT molecular complexity index is 477. The van der Waals surface area contributed by atoms with E-state index < -0.39 is 17.9 Å². The first kappa shape index (κ1) is 14.4. The number of amides is 1. The minimum Gasteiger partial charge on any atom is -0.478 e. The monoisotopic (exact) mass is 315 g/mol. The zero-order valence-electron chi connectivity index (χ0n) is 9.98. The van der Waals surface area contributed by atoms with E-state index in [4.69, 9.17) is 10.8 Å². The molecule has 7 heteroatoms. The Kier molecular flexibility index (Phi) is 4.66. The predicted octanol–water partition coefficient (Wildman–Crippen LogP) is 1.46. The van der Waals surface area contributed by atoms with Crippen molar-refractivity contribution in [2.75, 3.05) is 5.32 Å². The van der Waals surface area contributed by atoms with Gasteiger partial charge in [-0.1, -0.05) is 13.8 Å². The van der Waals surface area contributed by atoms with Crippen molar-refractivity contribution < 1.29 is 14.7 Å². The smallest absolute Gasteiger partial charge is 0.339 e. The van der Waals surface area contributed by atoms with Gasteiger partial charge in [-0.15, -0.1) is 0 Å². The van der Waals surface area contributed by atoms with Gasteiger partial charge >= 0.3 is 5.97 Å². The molecule has 1 rings (SSSR count). The van der Waals surface area contributed by atoms with E-state index in [0.717, 1.165) is 0 Å². The van der Waals surface area contributed by atoms with Gasteiger partial charge in [0.15, 0.2) is 0 Å². The Morgan fingerprint density at radius 2 is 2.11 bits per heavy atom. The first-order chi connectivity index (χ1) is 8.32. The number of carbonyl (C=O) groups excluding carboxylic acids is 1. The molecule has 6 nitrogen and oxygen atoms in total. The number of pyridine rings is 1.